The number of nitrogens with two attached hydrogens (primary N) is 1. The number of halogens is 1. The molecule has 1 saturated carbocycles. The van der Waals surface area contributed by atoms with Gasteiger partial charge in [-0.3, -0.25) is 10.1 Å². The van der Waals surface area contributed by atoms with Gasteiger partial charge in [0.25, 0.3) is 0 Å². The maximum atomic E-state index is 14.9. The van der Waals surface area contributed by atoms with Crippen LogP contribution in [0.5, 0.6) is 0 Å². The minimum absolute atomic E-state index is 0.0187. The maximum absolute atomic E-state index is 14.9. The number of nitrogens with one attached hydrogen (secondary N) is 1. The molecule has 2 amide bonds. The molecule has 3 atom stereocenters. The Hall–Kier alpha value is -2.21. The summed E-state index contributed by atoms with van der Waals surface area (Å²) in [6, 6.07) is 3.75. The van der Waals surface area contributed by atoms with E-state index in [-0.39, 0.29) is 19.2 Å². The van der Waals surface area contributed by atoms with E-state index in [1.54, 1.807) is 26.1 Å². The monoisotopic (exact) mass is 493 g/mol. The number of nitrogens with zero attached hydrogens (tertiary/aromatic N) is 1. The predicted octanol–water partition coefficient (Wildman–Crippen LogP) is 1.70. The van der Waals surface area contributed by atoms with Crippen molar-refractivity contribution < 1.29 is 32.8 Å². The fourth-order valence-corrected chi connectivity index (χ4v) is 4.03. The van der Waals surface area contributed by atoms with Crippen molar-refractivity contribution in [1.82, 2.24) is 10.2 Å². The van der Waals surface area contributed by atoms with Gasteiger partial charge in [-0.1, -0.05) is 12.1 Å². The first-order valence-corrected chi connectivity index (χ1v) is 11.9. The standard InChI is InChI=1S/C24H37BFN3O6/c1-8-32-21(31)29(7)19-13-24(19,6)33-14-28-18(20(27)30)11-15-9-10-16(12-17(15)26)25-34-22(2,3)23(4,5)35-25/h9-10,12,18-19,28H,8,11,13-14H2,1-7H3,(H2,27,30)/t18-,19+,24?/m0/s1. The van der Waals surface area contributed by atoms with Gasteiger partial charge in [-0.15, -0.1) is 0 Å². The molecule has 35 heavy (non-hydrogen) atoms. The first kappa shape index (κ1) is 27.4. The topological polar surface area (TPSA) is 112 Å². The molecule has 1 saturated heterocycles. The molecule has 3 N–H and O–H groups in total. The van der Waals surface area contributed by atoms with E-state index >= 15 is 0 Å². The summed E-state index contributed by atoms with van der Waals surface area (Å²) in [7, 11) is 0.981. The largest absolute Gasteiger partial charge is 0.494 e. The lowest BCUT2D eigenvalue weighted by molar-refractivity contribution is -0.120. The molecular weight excluding hydrogens is 456 g/mol. The number of rotatable bonds is 10. The average molecular weight is 493 g/mol. The molecule has 3 rings (SSSR count). The van der Waals surface area contributed by atoms with Gasteiger partial charge in [0, 0.05) is 13.5 Å². The highest BCUT2D eigenvalue weighted by molar-refractivity contribution is 6.62. The molecule has 1 aromatic rings. The minimum Gasteiger partial charge on any atom is -0.450 e. The summed E-state index contributed by atoms with van der Waals surface area (Å²) in [4.78, 5) is 25.4. The van der Waals surface area contributed by atoms with Crippen LogP contribution in [0.4, 0.5) is 9.18 Å². The Morgan fingerprint density at radius 1 is 1.26 bits per heavy atom. The lowest BCUT2D eigenvalue weighted by Crippen LogP contribution is -2.45. The number of likely N-dealkylation sites (N-methyl/N-ethyl adjacent to an activating group) is 1. The fraction of sp³-hybridized carbons (Fsp3) is 0.667. The number of amides is 2. The van der Waals surface area contributed by atoms with Gasteiger partial charge in [-0.2, -0.15) is 0 Å². The molecule has 1 aliphatic carbocycles. The molecular formula is C24H37BFN3O6. The van der Waals surface area contributed by atoms with Crippen LogP contribution in [0.2, 0.25) is 0 Å². The Morgan fingerprint density at radius 2 is 1.89 bits per heavy atom. The number of carbonyl (C=O) groups is 2. The first-order valence-electron chi connectivity index (χ1n) is 11.9. The molecule has 0 bridgehead atoms. The third kappa shape index (κ3) is 5.96. The number of ether oxygens (including phenoxy) is 2. The van der Waals surface area contributed by atoms with Crippen LogP contribution in [0.15, 0.2) is 18.2 Å². The van der Waals surface area contributed by atoms with Crippen molar-refractivity contribution in [3.63, 3.8) is 0 Å². The molecule has 1 aromatic carbocycles. The SMILES string of the molecule is CCOC(=O)N(C)[C@@H]1CC1(C)OCN[C@@H](Cc1ccc(B2OC(C)(C)C(C)(C)O2)cc1F)C(N)=O. The highest BCUT2D eigenvalue weighted by Gasteiger charge is 2.56. The lowest BCUT2D eigenvalue weighted by Gasteiger charge is -2.32. The zero-order chi connectivity index (χ0) is 26.2. The van der Waals surface area contributed by atoms with Gasteiger partial charge in [0.1, 0.15) is 5.82 Å². The molecule has 1 aliphatic heterocycles. The zero-order valence-corrected chi connectivity index (χ0v) is 21.6. The van der Waals surface area contributed by atoms with Gasteiger partial charge in [0.15, 0.2) is 0 Å². The van der Waals surface area contributed by atoms with Crippen LogP contribution in [0.3, 0.4) is 0 Å². The van der Waals surface area contributed by atoms with Gasteiger partial charge >= 0.3 is 13.2 Å². The summed E-state index contributed by atoms with van der Waals surface area (Å²) in [6.07, 6.45) is 0.282. The Balaban J connectivity index is 1.56. The van der Waals surface area contributed by atoms with E-state index in [1.807, 2.05) is 34.6 Å². The highest BCUT2D eigenvalue weighted by atomic mass is 19.1. The van der Waals surface area contributed by atoms with Crippen LogP contribution in [-0.2, 0) is 30.0 Å². The number of benzene rings is 1. The quantitative estimate of drug-likeness (QED) is 0.377. The van der Waals surface area contributed by atoms with Crippen molar-refractivity contribution in [1.29, 1.82) is 0 Å². The number of hydrogen-bond donors (Lipinski definition) is 2. The lowest BCUT2D eigenvalue weighted by atomic mass is 9.78. The van der Waals surface area contributed by atoms with Crippen molar-refractivity contribution in [3.05, 3.63) is 29.6 Å². The number of hydrogen-bond acceptors (Lipinski definition) is 7. The molecule has 1 heterocycles. The average Bonchev–Trinajstić information content (AvgIpc) is 3.37. The molecule has 11 heteroatoms. The second kappa shape index (κ2) is 10.0. The van der Waals surface area contributed by atoms with E-state index < -0.39 is 47.8 Å². The van der Waals surface area contributed by atoms with Crippen molar-refractivity contribution in [2.45, 2.75) is 83.3 Å². The summed E-state index contributed by atoms with van der Waals surface area (Å²) in [5.41, 5.74) is 4.82. The molecule has 0 radical (unpaired) electrons. The zero-order valence-electron chi connectivity index (χ0n) is 21.6. The normalized spacial score (nSPS) is 25.3. The van der Waals surface area contributed by atoms with E-state index in [1.165, 1.54) is 11.0 Å². The van der Waals surface area contributed by atoms with Gasteiger partial charge in [-0.05, 0) is 65.1 Å². The van der Waals surface area contributed by atoms with Crippen LogP contribution < -0.4 is 16.5 Å². The van der Waals surface area contributed by atoms with E-state index in [4.69, 9.17) is 24.5 Å². The smallest absolute Gasteiger partial charge is 0.450 e. The minimum atomic E-state index is -0.837. The van der Waals surface area contributed by atoms with Crippen molar-refractivity contribution in [2.24, 2.45) is 5.73 Å². The van der Waals surface area contributed by atoms with Crippen LogP contribution in [0.25, 0.3) is 0 Å². The molecule has 0 aromatic heterocycles. The van der Waals surface area contributed by atoms with Crippen molar-refractivity contribution >= 4 is 24.6 Å². The Morgan fingerprint density at radius 3 is 2.43 bits per heavy atom. The second-order valence-electron chi connectivity index (χ2n) is 10.4. The van der Waals surface area contributed by atoms with Crippen LogP contribution in [-0.4, -0.2) is 73.3 Å². The summed E-state index contributed by atoms with van der Waals surface area (Å²) in [6.45, 7) is 11.7. The van der Waals surface area contributed by atoms with E-state index in [0.717, 1.165) is 0 Å². The van der Waals surface area contributed by atoms with E-state index in [2.05, 4.69) is 5.32 Å². The summed E-state index contributed by atoms with van der Waals surface area (Å²) in [5, 5.41) is 2.95. The second-order valence-corrected chi connectivity index (χ2v) is 10.4. The summed E-state index contributed by atoms with van der Waals surface area (Å²) in [5.74, 6) is -1.10. The van der Waals surface area contributed by atoms with Crippen molar-refractivity contribution in [2.75, 3.05) is 20.4 Å². The molecule has 9 nitrogen and oxygen atoms in total. The third-order valence-corrected chi connectivity index (χ3v) is 7.27. The van der Waals surface area contributed by atoms with Gasteiger partial charge in [-0.25, -0.2) is 9.18 Å². The van der Waals surface area contributed by atoms with Crippen LogP contribution >= 0.6 is 0 Å². The molecule has 1 unspecified atom stereocenters. The molecule has 2 aliphatic rings. The highest BCUT2D eigenvalue weighted by Crippen LogP contribution is 2.43. The van der Waals surface area contributed by atoms with Gasteiger partial charge in [0.2, 0.25) is 5.91 Å². The van der Waals surface area contributed by atoms with Gasteiger partial charge < -0.3 is 29.4 Å². The van der Waals surface area contributed by atoms with Crippen LogP contribution in [0.1, 0.15) is 53.5 Å². The molecule has 2 fully saturated rings. The predicted molar refractivity (Wildman–Crippen MR) is 129 cm³/mol. The van der Waals surface area contributed by atoms with E-state index in [0.29, 0.717) is 24.1 Å². The Kier molecular flexibility index (Phi) is 7.86. The number of carbonyl (C=O) groups excluding carboxylic acids is 2. The van der Waals surface area contributed by atoms with E-state index in [9.17, 15) is 14.0 Å². The fourth-order valence-electron chi connectivity index (χ4n) is 4.03. The summed E-state index contributed by atoms with van der Waals surface area (Å²) >= 11 is 0. The maximum Gasteiger partial charge on any atom is 0.494 e. The van der Waals surface area contributed by atoms with Crippen LogP contribution in [0, 0.1) is 5.82 Å². The molecule has 194 valence electrons. The third-order valence-electron chi connectivity index (χ3n) is 7.27. The van der Waals surface area contributed by atoms with Gasteiger partial charge in [0.05, 0.1) is 42.2 Å². The first-order chi connectivity index (χ1) is 16.2. The van der Waals surface area contributed by atoms with Crippen molar-refractivity contribution in [3.8, 4) is 0 Å². The molecule has 0 spiro atoms. The summed E-state index contributed by atoms with van der Waals surface area (Å²) < 4.78 is 37.8. The Bertz CT molecular complexity index is 945. The number of primary amides is 1. The Labute approximate surface area is 206 Å².